The van der Waals surface area contributed by atoms with Gasteiger partial charge in [-0.05, 0) is 36.8 Å². The van der Waals surface area contributed by atoms with Gasteiger partial charge in [0.05, 0.1) is 18.7 Å². The summed E-state index contributed by atoms with van der Waals surface area (Å²) in [6, 6.07) is 11.3. The summed E-state index contributed by atoms with van der Waals surface area (Å²) in [5, 5.41) is 2.90. The molecule has 0 fully saturated rings. The highest BCUT2D eigenvalue weighted by Crippen LogP contribution is 2.14. The van der Waals surface area contributed by atoms with E-state index in [1.54, 1.807) is 6.26 Å². The number of halogens is 1. The molecule has 2 aromatic rings. The van der Waals surface area contributed by atoms with Crippen LogP contribution in [0.25, 0.3) is 0 Å². The van der Waals surface area contributed by atoms with E-state index < -0.39 is 0 Å². The predicted octanol–water partition coefficient (Wildman–Crippen LogP) is 3.46. The maximum absolute atomic E-state index is 11.8. The van der Waals surface area contributed by atoms with E-state index in [0.717, 1.165) is 15.8 Å². The van der Waals surface area contributed by atoms with E-state index in [9.17, 15) is 4.79 Å². The highest BCUT2D eigenvalue weighted by Gasteiger charge is 2.11. The van der Waals surface area contributed by atoms with E-state index in [2.05, 4.69) is 21.2 Å². The Hall–Kier alpha value is -1.55. The van der Waals surface area contributed by atoms with Crippen molar-refractivity contribution >= 4 is 21.8 Å². The first kappa shape index (κ1) is 12.9. The Morgan fingerprint density at radius 2 is 2.06 bits per heavy atom. The maximum Gasteiger partial charge on any atom is 0.224 e. The maximum atomic E-state index is 11.8. The SMILES string of the molecule is C[C@@H](NC(=O)Cc1ccc(Br)cc1)c1ccco1. The summed E-state index contributed by atoms with van der Waals surface area (Å²) in [6.07, 6.45) is 1.98. The standard InChI is InChI=1S/C14H14BrNO2/c1-10(13-3-2-8-18-13)16-14(17)9-11-4-6-12(15)7-5-11/h2-8,10H,9H2,1H3,(H,16,17)/t10-/m1/s1. The number of carbonyl (C=O) groups excluding carboxylic acids is 1. The van der Waals surface area contributed by atoms with Crippen LogP contribution in [0.1, 0.15) is 24.3 Å². The van der Waals surface area contributed by atoms with Gasteiger partial charge in [-0.15, -0.1) is 0 Å². The molecule has 1 aromatic carbocycles. The smallest absolute Gasteiger partial charge is 0.224 e. The van der Waals surface area contributed by atoms with E-state index in [1.165, 1.54) is 0 Å². The Morgan fingerprint density at radius 1 is 1.33 bits per heavy atom. The molecule has 0 unspecified atom stereocenters. The van der Waals surface area contributed by atoms with Gasteiger partial charge in [0.1, 0.15) is 5.76 Å². The third kappa shape index (κ3) is 3.47. The van der Waals surface area contributed by atoms with Crippen molar-refractivity contribution < 1.29 is 9.21 Å². The average Bonchev–Trinajstić information content (AvgIpc) is 2.85. The van der Waals surface area contributed by atoms with Crippen molar-refractivity contribution in [2.24, 2.45) is 0 Å². The molecule has 4 heteroatoms. The van der Waals surface area contributed by atoms with Crippen LogP contribution < -0.4 is 5.32 Å². The van der Waals surface area contributed by atoms with Crippen LogP contribution in [-0.2, 0) is 11.2 Å². The summed E-state index contributed by atoms with van der Waals surface area (Å²) in [5.41, 5.74) is 0.988. The van der Waals surface area contributed by atoms with Gasteiger partial charge < -0.3 is 9.73 Å². The molecule has 1 amide bonds. The quantitative estimate of drug-likeness (QED) is 0.940. The van der Waals surface area contributed by atoms with E-state index in [1.807, 2.05) is 43.3 Å². The molecule has 0 spiro atoms. The molecule has 2 rings (SSSR count). The zero-order chi connectivity index (χ0) is 13.0. The summed E-state index contributed by atoms with van der Waals surface area (Å²) >= 11 is 3.37. The van der Waals surface area contributed by atoms with Crippen LogP contribution in [0.5, 0.6) is 0 Å². The Bertz CT molecular complexity index is 505. The molecule has 0 aliphatic carbocycles. The lowest BCUT2D eigenvalue weighted by molar-refractivity contribution is -0.121. The molecule has 3 nitrogen and oxygen atoms in total. The van der Waals surface area contributed by atoms with Crippen molar-refractivity contribution in [3.63, 3.8) is 0 Å². The zero-order valence-electron chi connectivity index (χ0n) is 10.0. The molecule has 1 heterocycles. The Balaban J connectivity index is 1.91. The first-order chi connectivity index (χ1) is 8.65. The zero-order valence-corrected chi connectivity index (χ0v) is 11.6. The fourth-order valence-electron chi connectivity index (χ4n) is 1.69. The van der Waals surface area contributed by atoms with Crippen LogP contribution in [0.3, 0.4) is 0 Å². The monoisotopic (exact) mass is 307 g/mol. The van der Waals surface area contributed by atoms with Crippen molar-refractivity contribution in [1.82, 2.24) is 5.32 Å². The Labute approximate surface area is 114 Å². The van der Waals surface area contributed by atoms with E-state index >= 15 is 0 Å². The molecule has 18 heavy (non-hydrogen) atoms. The molecule has 0 saturated heterocycles. The molecule has 1 aromatic heterocycles. The molecule has 94 valence electrons. The van der Waals surface area contributed by atoms with Crippen molar-refractivity contribution in [3.8, 4) is 0 Å². The van der Waals surface area contributed by atoms with Crippen molar-refractivity contribution in [2.75, 3.05) is 0 Å². The molecule has 0 aliphatic heterocycles. The number of hydrogen-bond donors (Lipinski definition) is 1. The number of furan rings is 1. The Kier molecular flexibility index (Phi) is 4.20. The third-order valence-electron chi connectivity index (χ3n) is 2.63. The molecule has 1 atom stereocenters. The highest BCUT2D eigenvalue weighted by molar-refractivity contribution is 9.10. The fraction of sp³-hybridized carbons (Fsp3) is 0.214. The molecule has 1 N–H and O–H groups in total. The van der Waals surface area contributed by atoms with Crippen molar-refractivity contribution in [1.29, 1.82) is 0 Å². The molecular weight excluding hydrogens is 294 g/mol. The summed E-state index contributed by atoms with van der Waals surface area (Å²) in [6.45, 7) is 1.90. The number of benzene rings is 1. The number of hydrogen-bond acceptors (Lipinski definition) is 2. The van der Waals surface area contributed by atoms with E-state index in [0.29, 0.717) is 6.42 Å². The van der Waals surface area contributed by atoms with Gasteiger partial charge in [0, 0.05) is 4.47 Å². The second kappa shape index (κ2) is 5.87. The van der Waals surface area contributed by atoms with Gasteiger partial charge in [-0.2, -0.15) is 0 Å². The van der Waals surface area contributed by atoms with Crippen molar-refractivity contribution in [3.05, 3.63) is 58.5 Å². The third-order valence-corrected chi connectivity index (χ3v) is 3.15. The first-order valence-electron chi connectivity index (χ1n) is 5.72. The van der Waals surface area contributed by atoms with Gasteiger partial charge in [0.15, 0.2) is 0 Å². The van der Waals surface area contributed by atoms with Gasteiger partial charge in [-0.1, -0.05) is 28.1 Å². The fourth-order valence-corrected chi connectivity index (χ4v) is 1.95. The highest BCUT2D eigenvalue weighted by atomic mass is 79.9. The molecule has 0 saturated carbocycles. The lowest BCUT2D eigenvalue weighted by Gasteiger charge is -2.11. The minimum atomic E-state index is -0.108. The minimum Gasteiger partial charge on any atom is -0.467 e. The molecule has 0 aliphatic rings. The number of rotatable bonds is 4. The van der Waals surface area contributed by atoms with Crippen LogP contribution >= 0.6 is 15.9 Å². The van der Waals surface area contributed by atoms with Gasteiger partial charge in [0.25, 0.3) is 0 Å². The lowest BCUT2D eigenvalue weighted by atomic mass is 10.1. The van der Waals surface area contributed by atoms with Gasteiger partial charge in [-0.3, -0.25) is 4.79 Å². The van der Waals surface area contributed by atoms with Crippen LogP contribution in [0.2, 0.25) is 0 Å². The topological polar surface area (TPSA) is 42.2 Å². The lowest BCUT2D eigenvalue weighted by Crippen LogP contribution is -2.27. The van der Waals surface area contributed by atoms with Gasteiger partial charge in [0.2, 0.25) is 5.91 Å². The van der Waals surface area contributed by atoms with Crippen LogP contribution in [0.4, 0.5) is 0 Å². The molecule has 0 radical (unpaired) electrons. The number of amides is 1. The molecule has 0 bridgehead atoms. The summed E-state index contributed by atoms with van der Waals surface area (Å²) in [5.74, 6) is 0.750. The molecular formula is C14H14BrNO2. The summed E-state index contributed by atoms with van der Waals surface area (Å²) < 4.78 is 6.25. The average molecular weight is 308 g/mol. The van der Waals surface area contributed by atoms with E-state index in [4.69, 9.17) is 4.42 Å². The minimum absolute atomic E-state index is 0.0128. The van der Waals surface area contributed by atoms with E-state index in [-0.39, 0.29) is 11.9 Å². The van der Waals surface area contributed by atoms with Gasteiger partial charge in [-0.25, -0.2) is 0 Å². The number of nitrogens with one attached hydrogen (secondary N) is 1. The summed E-state index contributed by atoms with van der Waals surface area (Å²) in [7, 11) is 0. The predicted molar refractivity (Wildman–Crippen MR) is 73.1 cm³/mol. The largest absolute Gasteiger partial charge is 0.467 e. The normalized spacial score (nSPS) is 12.1. The summed E-state index contributed by atoms with van der Waals surface area (Å²) in [4.78, 5) is 11.8. The van der Waals surface area contributed by atoms with Crippen LogP contribution in [-0.4, -0.2) is 5.91 Å². The van der Waals surface area contributed by atoms with Crippen LogP contribution in [0, 0.1) is 0 Å². The first-order valence-corrected chi connectivity index (χ1v) is 6.51. The second-order valence-corrected chi connectivity index (χ2v) is 5.02. The second-order valence-electron chi connectivity index (χ2n) is 4.11. The van der Waals surface area contributed by atoms with Crippen LogP contribution in [0.15, 0.2) is 51.6 Å². The Morgan fingerprint density at radius 3 is 2.67 bits per heavy atom. The van der Waals surface area contributed by atoms with Crippen molar-refractivity contribution in [2.45, 2.75) is 19.4 Å². The number of carbonyl (C=O) groups is 1. The van der Waals surface area contributed by atoms with Gasteiger partial charge >= 0.3 is 0 Å².